The van der Waals surface area contributed by atoms with E-state index in [1.165, 1.54) is 27.8 Å². The van der Waals surface area contributed by atoms with Gasteiger partial charge in [-0.25, -0.2) is 0 Å². The Hall–Kier alpha value is -2.83. The van der Waals surface area contributed by atoms with Crippen LogP contribution in [0.2, 0.25) is 0 Å². The van der Waals surface area contributed by atoms with Gasteiger partial charge in [-0.2, -0.15) is 0 Å². The Balaban J connectivity index is 1.14. The summed E-state index contributed by atoms with van der Waals surface area (Å²) in [5.74, 6) is 0.147. The Morgan fingerprint density at radius 1 is 1.00 bits per heavy atom. The molecule has 0 bridgehead atoms. The largest absolute Gasteiger partial charge is 0.371 e. The van der Waals surface area contributed by atoms with E-state index in [4.69, 9.17) is 0 Å². The standard InChI is InChI=1S/C25H31N5O/c31-25-18-29(15-11-27-25)14-10-26-21-8-12-30(13-9-21)22-6-3-5-19(16-22)24-17-20-4-1-2-7-23(20)28-24/h1-7,16-17,21,26,28H,8-15,18H2,(H,27,31). The zero-order valence-corrected chi connectivity index (χ0v) is 17.9. The number of rotatable bonds is 6. The van der Waals surface area contributed by atoms with Crippen molar-refractivity contribution in [1.29, 1.82) is 0 Å². The topological polar surface area (TPSA) is 63.4 Å². The fourth-order valence-electron chi connectivity index (χ4n) is 4.75. The maximum atomic E-state index is 11.5. The van der Waals surface area contributed by atoms with Crippen molar-refractivity contribution in [2.24, 2.45) is 0 Å². The number of aromatic amines is 1. The number of carbonyl (C=O) groups excluding carboxylic acids is 1. The van der Waals surface area contributed by atoms with Crippen LogP contribution in [0.3, 0.4) is 0 Å². The zero-order valence-electron chi connectivity index (χ0n) is 17.9. The summed E-state index contributed by atoms with van der Waals surface area (Å²) in [6, 6.07) is 20.1. The molecule has 6 heteroatoms. The second kappa shape index (κ2) is 9.12. The number of nitrogens with zero attached hydrogens (tertiary/aromatic N) is 2. The number of carbonyl (C=O) groups is 1. The Morgan fingerprint density at radius 2 is 1.87 bits per heavy atom. The van der Waals surface area contributed by atoms with Gasteiger partial charge in [0.25, 0.3) is 0 Å². The Labute approximate surface area is 183 Å². The number of fused-ring (bicyclic) bond motifs is 1. The number of aromatic nitrogens is 1. The van der Waals surface area contributed by atoms with Crippen LogP contribution in [0.15, 0.2) is 54.6 Å². The first kappa shape index (κ1) is 20.1. The van der Waals surface area contributed by atoms with Gasteiger partial charge in [0.05, 0.1) is 6.54 Å². The molecule has 2 aliphatic heterocycles. The lowest BCUT2D eigenvalue weighted by Gasteiger charge is -2.35. The minimum Gasteiger partial charge on any atom is -0.371 e. The minimum atomic E-state index is 0.147. The molecule has 0 aliphatic carbocycles. The van der Waals surface area contributed by atoms with Crippen LogP contribution in [0.4, 0.5) is 5.69 Å². The van der Waals surface area contributed by atoms with E-state index in [-0.39, 0.29) is 5.91 Å². The highest BCUT2D eigenvalue weighted by Gasteiger charge is 2.20. The third-order valence-corrected chi connectivity index (χ3v) is 6.53. The molecule has 0 radical (unpaired) electrons. The van der Waals surface area contributed by atoms with Crippen LogP contribution >= 0.6 is 0 Å². The van der Waals surface area contributed by atoms with Crippen LogP contribution in [0, 0.1) is 0 Å². The summed E-state index contributed by atoms with van der Waals surface area (Å²) in [5.41, 5.74) is 4.89. The van der Waals surface area contributed by atoms with Crippen molar-refractivity contribution in [3.05, 3.63) is 54.6 Å². The van der Waals surface area contributed by atoms with Gasteiger partial charge in [-0.05, 0) is 42.7 Å². The normalized spacial score (nSPS) is 18.5. The van der Waals surface area contributed by atoms with Crippen LogP contribution in [0.25, 0.3) is 22.2 Å². The number of nitrogens with one attached hydrogen (secondary N) is 3. The number of piperidine rings is 1. The molecule has 162 valence electrons. The van der Waals surface area contributed by atoms with Crippen molar-refractivity contribution >= 4 is 22.5 Å². The van der Waals surface area contributed by atoms with Crippen molar-refractivity contribution in [2.45, 2.75) is 18.9 Å². The van der Waals surface area contributed by atoms with Crippen LogP contribution < -0.4 is 15.5 Å². The van der Waals surface area contributed by atoms with Crippen molar-refractivity contribution < 1.29 is 4.79 Å². The molecule has 5 rings (SSSR count). The Bertz CT molecular complexity index is 1000. The average molecular weight is 418 g/mol. The highest BCUT2D eigenvalue weighted by Crippen LogP contribution is 2.28. The van der Waals surface area contributed by atoms with Crippen molar-refractivity contribution in [2.75, 3.05) is 50.7 Å². The lowest BCUT2D eigenvalue weighted by Crippen LogP contribution is -2.50. The summed E-state index contributed by atoms with van der Waals surface area (Å²) < 4.78 is 0. The van der Waals surface area contributed by atoms with E-state index in [0.717, 1.165) is 52.1 Å². The molecule has 2 fully saturated rings. The highest BCUT2D eigenvalue weighted by molar-refractivity contribution is 5.86. The SMILES string of the molecule is O=C1CN(CCNC2CCN(c3cccc(-c4cc5ccccc5[nH]4)c3)CC2)CCN1. The maximum Gasteiger partial charge on any atom is 0.234 e. The van der Waals surface area contributed by atoms with Crippen molar-refractivity contribution in [1.82, 2.24) is 20.5 Å². The predicted molar refractivity (Wildman–Crippen MR) is 126 cm³/mol. The highest BCUT2D eigenvalue weighted by atomic mass is 16.2. The smallest absolute Gasteiger partial charge is 0.234 e. The first-order chi connectivity index (χ1) is 15.2. The number of piperazine rings is 1. The molecule has 0 spiro atoms. The van der Waals surface area contributed by atoms with Gasteiger partial charge in [0, 0.05) is 67.6 Å². The van der Waals surface area contributed by atoms with E-state index < -0.39 is 0 Å². The molecule has 3 heterocycles. The lowest BCUT2D eigenvalue weighted by atomic mass is 10.0. The molecule has 0 saturated carbocycles. The fourth-order valence-corrected chi connectivity index (χ4v) is 4.75. The molecular formula is C25H31N5O. The average Bonchev–Trinajstić information content (AvgIpc) is 3.24. The molecule has 1 aromatic heterocycles. The first-order valence-electron chi connectivity index (χ1n) is 11.4. The summed E-state index contributed by atoms with van der Waals surface area (Å²) in [5, 5.41) is 7.84. The molecule has 3 N–H and O–H groups in total. The van der Waals surface area contributed by atoms with Gasteiger partial charge in [-0.15, -0.1) is 0 Å². The van der Waals surface area contributed by atoms with E-state index in [1.807, 2.05) is 0 Å². The Kier molecular flexibility index (Phi) is 5.91. The second-order valence-corrected chi connectivity index (χ2v) is 8.66. The molecule has 2 aromatic carbocycles. The van der Waals surface area contributed by atoms with Gasteiger partial charge in [-0.1, -0.05) is 30.3 Å². The lowest BCUT2D eigenvalue weighted by molar-refractivity contribution is -0.124. The van der Waals surface area contributed by atoms with Crippen LogP contribution in [-0.2, 0) is 4.79 Å². The first-order valence-corrected chi connectivity index (χ1v) is 11.4. The molecule has 3 aromatic rings. The molecule has 0 unspecified atom stereocenters. The predicted octanol–water partition coefficient (Wildman–Crippen LogP) is 2.83. The second-order valence-electron chi connectivity index (χ2n) is 8.66. The quantitative estimate of drug-likeness (QED) is 0.577. The number of anilines is 1. The Morgan fingerprint density at radius 3 is 2.71 bits per heavy atom. The number of benzene rings is 2. The zero-order chi connectivity index (χ0) is 21.0. The van der Waals surface area contributed by atoms with E-state index in [9.17, 15) is 4.79 Å². The van der Waals surface area contributed by atoms with Crippen LogP contribution in [-0.4, -0.2) is 67.6 Å². The van der Waals surface area contributed by atoms with E-state index in [2.05, 4.69) is 80.0 Å². The summed E-state index contributed by atoms with van der Waals surface area (Å²) >= 11 is 0. The van der Waals surface area contributed by atoms with Gasteiger partial charge < -0.3 is 20.5 Å². The van der Waals surface area contributed by atoms with Crippen molar-refractivity contribution in [3.63, 3.8) is 0 Å². The molecule has 2 aliphatic rings. The fraction of sp³-hybridized carbons (Fsp3) is 0.400. The van der Waals surface area contributed by atoms with Gasteiger partial charge in [0.1, 0.15) is 0 Å². The summed E-state index contributed by atoms with van der Waals surface area (Å²) in [4.78, 5) is 19.8. The van der Waals surface area contributed by atoms with Gasteiger partial charge in [-0.3, -0.25) is 9.69 Å². The number of amides is 1. The van der Waals surface area contributed by atoms with Crippen LogP contribution in [0.1, 0.15) is 12.8 Å². The molecule has 31 heavy (non-hydrogen) atoms. The molecule has 0 atom stereocenters. The summed E-state index contributed by atoms with van der Waals surface area (Å²) in [6.45, 7) is 6.30. The third kappa shape index (κ3) is 4.75. The van der Waals surface area contributed by atoms with Crippen molar-refractivity contribution in [3.8, 4) is 11.3 Å². The van der Waals surface area contributed by atoms with E-state index in [0.29, 0.717) is 12.6 Å². The molecule has 2 saturated heterocycles. The summed E-state index contributed by atoms with van der Waals surface area (Å²) in [7, 11) is 0. The van der Waals surface area contributed by atoms with Gasteiger partial charge in [0.15, 0.2) is 0 Å². The minimum absolute atomic E-state index is 0.147. The number of hydrogen-bond acceptors (Lipinski definition) is 4. The molecular weight excluding hydrogens is 386 g/mol. The van der Waals surface area contributed by atoms with E-state index in [1.54, 1.807) is 0 Å². The monoisotopic (exact) mass is 417 g/mol. The summed E-state index contributed by atoms with van der Waals surface area (Å²) in [6.07, 6.45) is 2.30. The third-order valence-electron chi connectivity index (χ3n) is 6.53. The van der Waals surface area contributed by atoms with Gasteiger partial charge in [0.2, 0.25) is 5.91 Å². The molecule has 1 amide bonds. The van der Waals surface area contributed by atoms with Crippen LogP contribution in [0.5, 0.6) is 0 Å². The molecule has 6 nitrogen and oxygen atoms in total. The van der Waals surface area contributed by atoms with E-state index >= 15 is 0 Å². The maximum absolute atomic E-state index is 11.5. The number of H-pyrrole nitrogens is 1. The number of para-hydroxylation sites is 1. The van der Waals surface area contributed by atoms with Gasteiger partial charge >= 0.3 is 0 Å². The number of hydrogen-bond donors (Lipinski definition) is 3.